The Hall–Kier alpha value is -2.57. The Labute approximate surface area is 190 Å². The Morgan fingerprint density at radius 3 is 2.53 bits per heavy atom. The van der Waals surface area contributed by atoms with Crippen LogP contribution >= 0.6 is 0 Å². The van der Waals surface area contributed by atoms with Crippen LogP contribution in [0.25, 0.3) is 0 Å². The second kappa shape index (κ2) is 9.12. The van der Waals surface area contributed by atoms with E-state index in [1.54, 1.807) is 12.1 Å². The second-order valence-corrected chi connectivity index (χ2v) is 9.66. The number of likely N-dealkylation sites (tertiary alicyclic amines) is 1. The van der Waals surface area contributed by atoms with Gasteiger partial charge in [-0.05, 0) is 67.3 Å². The molecule has 5 rings (SSSR count). The van der Waals surface area contributed by atoms with Crippen molar-refractivity contribution >= 4 is 17.3 Å². The molecule has 3 fully saturated rings. The van der Waals surface area contributed by atoms with Crippen molar-refractivity contribution in [3.05, 3.63) is 54.1 Å². The topological polar surface area (TPSA) is 54.0 Å². The maximum absolute atomic E-state index is 12.6. The Morgan fingerprint density at radius 2 is 1.88 bits per heavy atom. The number of nitrogens with one attached hydrogen (secondary N) is 1. The van der Waals surface area contributed by atoms with Crippen molar-refractivity contribution in [3.8, 4) is 5.75 Å². The molecule has 1 amide bonds. The first-order valence-electron chi connectivity index (χ1n) is 11.8. The molecular weight excluding hydrogens is 402 g/mol. The standard InChI is InChI=1S/C26H33N3O3/c1-18(2)16-31-24-9-3-19(4-10-24)26(30)27-20-5-7-21(8-6-20)28-12-11-22(14-28)29-15-25-13-23(29)17-32-25/h3-10,18,22-23,25H,11-17H2,1-2H3,(H,27,30). The average Bonchev–Trinajstić information content (AvgIpc) is 3.55. The third kappa shape index (κ3) is 4.62. The van der Waals surface area contributed by atoms with Crippen LogP contribution in [0.15, 0.2) is 48.5 Å². The van der Waals surface area contributed by atoms with Crippen LogP contribution in [0.3, 0.4) is 0 Å². The van der Waals surface area contributed by atoms with E-state index in [-0.39, 0.29) is 5.91 Å². The molecule has 6 nitrogen and oxygen atoms in total. The SMILES string of the molecule is CC(C)COc1ccc(C(=O)Nc2ccc(N3CCC(N4CC5CC4CO5)C3)cc2)cc1. The highest BCUT2D eigenvalue weighted by molar-refractivity contribution is 6.04. The molecule has 0 spiro atoms. The number of rotatable bonds is 7. The summed E-state index contributed by atoms with van der Waals surface area (Å²) in [5.74, 6) is 1.15. The van der Waals surface area contributed by atoms with E-state index in [0.29, 0.717) is 36.3 Å². The molecule has 2 aromatic rings. The predicted octanol–water partition coefficient (Wildman–Crippen LogP) is 4.03. The van der Waals surface area contributed by atoms with E-state index >= 15 is 0 Å². The zero-order valence-electron chi connectivity index (χ0n) is 19.0. The Bertz CT molecular complexity index is 928. The molecule has 0 radical (unpaired) electrons. The maximum Gasteiger partial charge on any atom is 0.255 e. The summed E-state index contributed by atoms with van der Waals surface area (Å²) in [6.07, 6.45) is 2.87. The first-order valence-corrected chi connectivity index (χ1v) is 11.8. The lowest BCUT2D eigenvalue weighted by molar-refractivity contribution is 0.0153. The van der Waals surface area contributed by atoms with Gasteiger partial charge in [0, 0.05) is 48.7 Å². The summed E-state index contributed by atoms with van der Waals surface area (Å²) in [6.45, 7) is 9.05. The highest BCUT2D eigenvalue weighted by Crippen LogP contribution is 2.33. The van der Waals surface area contributed by atoms with E-state index in [9.17, 15) is 4.79 Å². The first kappa shape index (κ1) is 21.3. The minimum absolute atomic E-state index is 0.110. The summed E-state index contributed by atoms with van der Waals surface area (Å²) in [7, 11) is 0. The molecule has 3 aliphatic heterocycles. The lowest BCUT2D eigenvalue weighted by Gasteiger charge is -2.32. The summed E-state index contributed by atoms with van der Waals surface area (Å²) in [6, 6.07) is 16.8. The minimum Gasteiger partial charge on any atom is -0.493 e. The number of ether oxygens (including phenoxy) is 2. The second-order valence-electron chi connectivity index (χ2n) is 9.66. The third-order valence-electron chi connectivity index (χ3n) is 6.77. The Balaban J connectivity index is 1.14. The number of morpholine rings is 1. The van der Waals surface area contributed by atoms with Gasteiger partial charge in [-0.1, -0.05) is 13.8 Å². The van der Waals surface area contributed by atoms with Crippen LogP contribution in [0, 0.1) is 5.92 Å². The normalized spacial score (nSPS) is 25.0. The molecule has 32 heavy (non-hydrogen) atoms. The lowest BCUT2D eigenvalue weighted by atomic mass is 10.2. The zero-order valence-corrected chi connectivity index (χ0v) is 19.0. The summed E-state index contributed by atoms with van der Waals surface area (Å²) in [4.78, 5) is 17.7. The van der Waals surface area contributed by atoms with Crippen molar-refractivity contribution in [2.75, 3.05) is 43.1 Å². The van der Waals surface area contributed by atoms with Crippen molar-refractivity contribution in [1.82, 2.24) is 4.90 Å². The van der Waals surface area contributed by atoms with Gasteiger partial charge in [0.05, 0.1) is 19.3 Å². The smallest absolute Gasteiger partial charge is 0.255 e. The first-order chi connectivity index (χ1) is 15.5. The van der Waals surface area contributed by atoms with Crippen LogP contribution in [0.5, 0.6) is 5.75 Å². The molecule has 3 saturated heterocycles. The van der Waals surface area contributed by atoms with Crippen molar-refractivity contribution in [3.63, 3.8) is 0 Å². The van der Waals surface area contributed by atoms with Gasteiger partial charge < -0.3 is 19.7 Å². The Morgan fingerprint density at radius 1 is 1.09 bits per heavy atom. The molecule has 3 unspecified atom stereocenters. The number of fused-ring (bicyclic) bond motifs is 2. The number of amides is 1. The number of benzene rings is 2. The van der Waals surface area contributed by atoms with Crippen molar-refractivity contribution in [1.29, 1.82) is 0 Å². The molecule has 0 aliphatic carbocycles. The van der Waals surface area contributed by atoms with Crippen molar-refractivity contribution in [2.45, 2.75) is 44.9 Å². The van der Waals surface area contributed by atoms with Gasteiger partial charge >= 0.3 is 0 Å². The minimum atomic E-state index is -0.110. The fourth-order valence-corrected chi connectivity index (χ4v) is 5.05. The highest BCUT2D eigenvalue weighted by Gasteiger charge is 2.43. The van der Waals surface area contributed by atoms with E-state index in [2.05, 4.69) is 41.1 Å². The predicted molar refractivity (Wildman–Crippen MR) is 127 cm³/mol. The van der Waals surface area contributed by atoms with Gasteiger partial charge in [0.2, 0.25) is 0 Å². The summed E-state index contributed by atoms with van der Waals surface area (Å²) in [5.41, 5.74) is 2.65. The number of carbonyl (C=O) groups excluding carboxylic acids is 1. The number of hydrogen-bond acceptors (Lipinski definition) is 5. The van der Waals surface area contributed by atoms with E-state index in [4.69, 9.17) is 9.47 Å². The summed E-state index contributed by atoms with van der Waals surface area (Å²) < 4.78 is 11.5. The molecule has 170 valence electrons. The largest absolute Gasteiger partial charge is 0.493 e. The van der Waals surface area contributed by atoms with Crippen LogP contribution in [-0.4, -0.2) is 61.8 Å². The molecule has 3 heterocycles. The average molecular weight is 436 g/mol. The molecule has 0 aromatic heterocycles. The summed E-state index contributed by atoms with van der Waals surface area (Å²) in [5, 5.41) is 3.00. The Kier molecular flexibility index (Phi) is 6.07. The molecule has 2 bridgehead atoms. The molecule has 2 aromatic carbocycles. The number of nitrogens with zero attached hydrogens (tertiary/aromatic N) is 2. The molecule has 3 atom stereocenters. The van der Waals surface area contributed by atoms with Crippen LogP contribution < -0.4 is 15.0 Å². The molecule has 0 saturated carbocycles. The van der Waals surface area contributed by atoms with E-state index in [1.165, 1.54) is 18.5 Å². The molecular formula is C26H33N3O3. The molecule has 1 N–H and O–H groups in total. The third-order valence-corrected chi connectivity index (χ3v) is 6.77. The fraction of sp³-hybridized carbons (Fsp3) is 0.500. The quantitative estimate of drug-likeness (QED) is 0.712. The van der Waals surface area contributed by atoms with Crippen LogP contribution in [-0.2, 0) is 4.74 Å². The van der Waals surface area contributed by atoms with Gasteiger partial charge in [0.1, 0.15) is 5.75 Å². The maximum atomic E-state index is 12.6. The van der Waals surface area contributed by atoms with Crippen LogP contribution in [0.4, 0.5) is 11.4 Å². The van der Waals surface area contributed by atoms with E-state index < -0.39 is 0 Å². The van der Waals surface area contributed by atoms with Crippen LogP contribution in [0.1, 0.15) is 37.0 Å². The van der Waals surface area contributed by atoms with Gasteiger partial charge in [0.15, 0.2) is 0 Å². The molecule has 3 aliphatic rings. The van der Waals surface area contributed by atoms with Gasteiger partial charge in [-0.25, -0.2) is 0 Å². The van der Waals surface area contributed by atoms with E-state index in [1.807, 2.05) is 24.3 Å². The van der Waals surface area contributed by atoms with Crippen LogP contribution in [0.2, 0.25) is 0 Å². The number of anilines is 2. The molecule has 6 heteroatoms. The summed E-state index contributed by atoms with van der Waals surface area (Å²) >= 11 is 0. The van der Waals surface area contributed by atoms with Gasteiger partial charge in [-0.15, -0.1) is 0 Å². The van der Waals surface area contributed by atoms with Crippen molar-refractivity contribution in [2.24, 2.45) is 5.92 Å². The number of hydrogen-bond donors (Lipinski definition) is 1. The zero-order chi connectivity index (χ0) is 22.1. The van der Waals surface area contributed by atoms with Gasteiger partial charge in [-0.2, -0.15) is 0 Å². The number of carbonyl (C=O) groups is 1. The monoisotopic (exact) mass is 435 g/mol. The van der Waals surface area contributed by atoms with Crippen molar-refractivity contribution < 1.29 is 14.3 Å². The highest BCUT2D eigenvalue weighted by atomic mass is 16.5. The van der Waals surface area contributed by atoms with E-state index in [0.717, 1.165) is 37.7 Å². The van der Waals surface area contributed by atoms with Gasteiger partial charge in [0.25, 0.3) is 5.91 Å². The fourth-order valence-electron chi connectivity index (χ4n) is 5.05. The van der Waals surface area contributed by atoms with Gasteiger partial charge in [-0.3, -0.25) is 9.69 Å². The lowest BCUT2D eigenvalue weighted by Crippen LogP contribution is -2.45.